The Kier molecular flexibility index (Phi) is 6.17. The van der Waals surface area contributed by atoms with E-state index in [-0.39, 0.29) is 41.7 Å². The minimum Gasteiger partial charge on any atom is -0.463 e. The molecule has 27 heavy (non-hydrogen) atoms. The van der Waals surface area contributed by atoms with Gasteiger partial charge in [-0.2, -0.15) is 0 Å². The molecule has 2 N–H and O–H groups in total. The fraction of sp³-hybridized carbons (Fsp3) is 0.333. The van der Waals surface area contributed by atoms with E-state index in [0.717, 1.165) is 0 Å². The maximum atomic E-state index is 12.5. The van der Waals surface area contributed by atoms with Crippen molar-refractivity contribution >= 4 is 17.6 Å². The van der Waals surface area contributed by atoms with Crippen molar-refractivity contribution in [3.8, 4) is 0 Å². The fourth-order valence-electron chi connectivity index (χ4n) is 2.78. The Morgan fingerprint density at radius 2 is 1.63 bits per heavy atom. The van der Waals surface area contributed by atoms with E-state index in [2.05, 4.69) is 0 Å². The Morgan fingerprint density at radius 1 is 1.11 bits per heavy atom. The van der Waals surface area contributed by atoms with E-state index in [9.17, 15) is 19.7 Å². The van der Waals surface area contributed by atoms with E-state index in [1.54, 1.807) is 13.8 Å². The second-order valence-corrected chi connectivity index (χ2v) is 5.57. The second-order valence-electron chi connectivity index (χ2n) is 5.57. The van der Waals surface area contributed by atoms with Crippen molar-refractivity contribution in [3.63, 3.8) is 0 Å². The number of nitro benzene ring substituents is 1. The van der Waals surface area contributed by atoms with Crippen LogP contribution in [0.4, 0.5) is 5.69 Å². The van der Waals surface area contributed by atoms with Gasteiger partial charge in [-0.3, -0.25) is 10.1 Å². The molecular weight excluding hydrogens is 356 g/mol. The Bertz CT molecular complexity index is 785. The molecule has 0 amide bonds. The number of carbonyl (C=O) groups excluding carboxylic acids is 2. The van der Waals surface area contributed by atoms with E-state index < -0.39 is 22.8 Å². The van der Waals surface area contributed by atoms with Crippen LogP contribution in [0.25, 0.3) is 0 Å². The maximum absolute atomic E-state index is 12.5. The summed E-state index contributed by atoms with van der Waals surface area (Å²) in [6.07, 6.45) is 0. The monoisotopic (exact) mass is 376 g/mol. The summed E-state index contributed by atoms with van der Waals surface area (Å²) < 4.78 is 15.5. The Labute approximate surface area is 155 Å². The molecular formula is C18H20N2O7. The number of hydrogen-bond donors (Lipinski definition) is 1. The van der Waals surface area contributed by atoms with E-state index in [1.165, 1.54) is 31.2 Å². The first-order chi connectivity index (χ1) is 12.8. The summed E-state index contributed by atoms with van der Waals surface area (Å²) in [5, 5.41) is 10.9. The largest absolute Gasteiger partial charge is 0.463 e. The van der Waals surface area contributed by atoms with Gasteiger partial charge in [-0.05, 0) is 26.3 Å². The lowest BCUT2D eigenvalue weighted by Gasteiger charge is -2.28. The minimum atomic E-state index is -0.933. The summed E-state index contributed by atoms with van der Waals surface area (Å²) in [5.41, 5.74) is 6.25. The molecule has 0 saturated heterocycles. The normalized spacial score (nSPS) is 16.6. The molecule has 1 heterocycles. The average Bonchev–Trinajstić information content (AvgIpc) is 2.61. The first-order valence-electron chi connectivity index (χ1n) is 8.28. The molecule has 144 valence electrons. The highest BCUT2D eigenvalue weighted by atomic mass is 16.6. The first-order valence-corrected chi connectivity index (χ1v) is 8.28. The van der Waals surface area contributed by atoms with Crippen LogP contribution < -0.4 is 5.73 Å². The van der Waals surface area contributed by atoms with E-state index in [0.29, 0.717) is 5.56 Å². The van der Waals surface area contributed by atoms with Gasteiger partial charge in [0.15, 0.2) is 0 Å². The van der Waals surface area contributed by atoms with Gasteiger partial charge in [-0.1, -0.05) is 12.1 Å². The van der Waals surface area contributed by atoms with Gasteiger partial charge in [0, 0.05) is 12.1 Å². The number of carbonyl (C=O) groups is 2. The predicted octanol–water partition coefficient (Wildman–Crippen LogP) is 2.28. The van der Waals surface area contributed by atoms with Crippen molar-refractivity contribution in [2.75, 3.05) is 13.2 Å². The van der Waals surface area contributed by atoms with Gasteiger partial charge < -0.3 is 19.9 Å². The number of nitrogens with zero attached hydrogens (tertiary/aromatic N) is 1. The quantitative estimate of drug-likeness (QED) is 0.454. The smallest absolute Gasteiger partial charge is 0.340 e. The van der Waals surface area contributed by atoms with Crippen molar-refractivity contribution in [2.45, 2.75) is 26.7 Å². The van der Waals surface area contributed by atoms with Gasteiger partial charge in [0.2, 0.25) is 5.88 Å². The van der Waals surface area contributed by atoms with Crippen molar-refractivity contribution in [1.82, 2.24) is 0 Å². The minimum absolute atomic E-state index is 0.0562. The van der Waals surface area contributed by atoms with Crippen LogP contribution in [0.2, 0.25) is 0 Å². The zero-order valence-corrected chi connectivity index (χ0v) is 15.2. The number of rotatable bonds is 6. The van der Waals surface area contributed by atoms with Crippen molar-refractivity contribution in [1.29, 1.82) is 0 Å². The number of benzene rings is 1. The standard InChI is InChI=1S/C18H20N2O7/c1-4-25-17(21)13-10(3)27-16(19)15(18(22)26-5-2)14(13)11-6-8-12(9-7-11)20(23)24/h6-9,14H,4-5,19H2,1-3H3/t14-/m0/s1. The molecule has 1 aromatic rings. The molecule has 9 nitrogen and oxygen atoms in total. The van der Waals surface area contributed by atoms with Crippen LogP contribution in [0.1, 0.15) is 32.3 Å². The SMILES string of the molecule is CCOC(=O)C1=C(C)OC(N)=C(C(=O)OCC)[C@H]1c1ccc([N+](=O)[O-])cc1. The number of non-ortho nitro benzene ring substituents is 1. The second kappa shape index (κ2) is 8.35. The highest BCUT2D eigenvalue weighted by Crippen LogP contribution is 2.40. The predicted molar refractivity (Wildman–Crippen MR) is 94.1 cm³/mol. The third kappa shape index (κ3) is 4.08. The van der Waals surface area contributed by atoms with Crippen LogP contribution in [0.15, 0.2) is 47.1 Å². The molecule has 0 bridgehead atoms. The number of nitrogens with two attached hydrogens (primary N) is 1. The van der Waals surface area contributed by atoms with Crippen LogP contribution in [0.5, 0.6) is 0 Å². The van der Waals surface area contributed by atoms with Crippen molar-refractivity contribution < 1.29 is 28.7 Å². The number of allylic oxidation sites excluding steroid dienone is 1. The molecule has 0 radical (unpaired) electrons. The Balaban J connectivity index is 2.62. The van der Waals surface area contributed by atoms with Gasteiger partial charge in [0.25, 0.3) is 5.69 Å². The molecule has 0 saturated carbocycles. The number of nitro groups is 1. The lowest BCUT2D eigenvalue weighted by molar-refractivity contribution is -0.384. The van der Waals surface area contributed by atoms with Crippen LogP contribution in [-0.4, -0.2) is 30.1 Å². The first kappa shape index (κ1) is 20.0. The third-order valence-corrected chi connectivity index (χ3v) is 3.91. The van der Waals surface area contributed by atoms with Crippen LogP contribution in [-0.2, 0) is 23.8 Å². The molecule has 0 fully saturated rings. The van der Waals surface area contributed by atoms with Gasteiger partial charge in [0.1, 0.15) is 11.3 Å². The highest BCUT2D eigenvalue weighted by molar-refractivity contribution is 5.99. The van der Waals surface area contributed by atoms with Gasteiger partial charge in [-0.15, -0.1) is 0 Å². The van der Waals surface area contributed by atoms with Gasteiger partial charge >= 0.3 is 11.9 Å². The maximum Gasteiger partial charge on any atom is 0.340 e. The molecule has 1 aromatic carbocycles. The summed E-state index contributed by atoms with van der Waals surface area (Å²) in [5.74, 6) is -2.36. The molecule has 0 spiro atoms. The number of esters is 2. The van der Waals surface area contributed by atoms with E-state index in [4.69, 9.17) is 19.9 Å². The lowest BCUT2D eigenvalue weighted by Crippen LogP contribution is -2.30. The number of ether oxygens (including phenoxy) is 3. The van der Waals surface area contributed by atoms with Crippen LogP contribution >= 0.6 is 0 Å². The summed E-state index contributed by atoms with van der Waals surface area (Å²) >= 11 is 0. The number of hydrogen-bond acceptors (Lipinski definition) is 8. The topological polar surface area (TPSA) is 131 Å². The molecule has 1 atom stereocenters. The molecule has 0 aliphatic carbocycles. The van der Waals surface area contributed by atoms with Crippen LogP contribution in [0.3, 0.4) is 0 Å². The Hall–Kier alpha value is -3.36. The molecule has 0 unspecified atom stereocenters. The van der Waals surface area contributed by atoms with Crippen molar-refractivity contribution in [2.24, 2.45) is 5.73 Å². The highest BCUT2D eigenvalue weighted by Gasteiger charge is 2.40. The van der Waals surface area contributed by atoms with Crippen LogP contribution in [0, 0.1) is 10.1 Å². The zero-order chi connectivity index (χ0) is 20.1. The summed E-state index contributed by atoms with van der Waals surface area (Å²) in [7, 11) is 0. The summed E-state index contributed by atoms with van der Waals surface area (Å²) in [4.78, 5) is 35.4. The fourth-order valence-corrected chi connectivity index (χ4v) is 2.78. The molecule has 1 aliphatic heterocycles. The lowest BCUT2D eigenvalue weighted by atomic mass is 9.82. The molecule has 0 aromatic heterocycles. The zero-order valence-electron chi connectivity index (χ0n) is 15.2. The van der Waals surface area contributed by atoms with Gasteiger partial charge in [0.05, 0.1) is 29.6 Å². The van der Waals surface area contributed by atoms with E-state index in [1.807, 2.05) is 0 Å². The molecule has 9 heteroatoms. The van der Waals surface area contributed by atoms with Crippen molar-refractivity contribution in [3.05, 3.63) is 62.7 Å². The Morgan fingerprint density at radius 3 is 2.11 bits per heavy atom. The van der Waals surface area contributed by atoms with Gasteiger partial charge in [-0.25, -0.2) is 9.59 Å². The summed E-state index contributed by atoms with van der Waals surface area (Å²) in [6, 6.07) is 5.46. The molecule has 1 aliphatic rings. The third-order valence-electron chi connectivity index (χ3n) is 3.91. The molecule has 2 rings (SSSR count). The van der Waals surface area contributed by atoms with E-state index >= 15 is 0 Å². The average molecular weight is 376 g/mol. The summed E-state index contributed by atoms with van der Waals surface area (Å²) in [6.45, 7) is 5.03.